The second-order valence-electron chi connectivity index (χ2n) is 5.50. The Morgan fingerprint density at radius 1 is 1.25 bits per heavy atom. The molecule has 2 fully saturated rings. The Bertz CT molecular complexity index is 488. The number of carbonyl (C=O) groups is 1. The first-order chi connectivity index (χ1) is 9.75. The lowest BCUT2D eigenvalue weighted by Crippen LogP contribution is -2.50. The Balaban J connectivity index is 1.81. The Morgan fingerprint density at radius 2 is 2.10 bits per heavy atom. The fraction of sp³-hybridized carbons (Fsp3) is 0.533. The average molecular weight is 294 g/mol. The van der Waals surface area contributed by atoms with Crippen molar-refractivity contribution in [2.75, 3.05) is 32.7 Å². The van der Waals surface area contributed by atoms with Crippen molar-refractivity contribution in [3.63, 3.8) is 0 Å². The zero-order chi connectivity index (χ0) is 13.9. The number of nitrogens with zero attached hydrogens (tertiary/aromatic N) is 1. The molecule has 108 valence electrons. The summed E-state index contributed by atoms with van der Waals surface area (Å²) in [5.74, 6) is 0.413. The van der Waals surface area contributed by atoms with Gasteiger partial charge in [0.2, 0.25) is 5.91 Å². The van der Waals surface area contributed by atoms with Gasteiger partial charge in [0.1, 0.15) is 0 Å². The highest BCUT2D eigenvalue weighted by atomic mass is 35.5. The van der Waals surface area contributed by atoms with E-state index in [1.54, 1.807) is 0 Å². The normalized spacial score (nSPS) is 26.8. The van der Waals surface area contributed by atoms with Gasteiger partial charge in [-0.15, -0.1) is 0 Å². The number of halogens is 1. The fourth-order valence-corrected chi connectivity index (χ4v) is 3.28. The molecule has 1 aromatic rings. The van der Waals surface area contributed by atoms with E-state index in [2.05, 4.69) is 16.7 Å². The fourth-order valence-electron chi connectivity index (χ4n) is 3.08. The van der Waals surface area contributed by atoms with Crippen molar-refractivity contribution in [3.8, 4) is 0 Å². The molecule has 0 bridgehead atoms. The minimum Gasteiger partial charge on any atom is -0.333 e. The maximum atomic E-state index is 12.7. The van der Waals surface area contributed by atoms with Gasteiger partial charge in [0.05, 0.1) is 12.0 Å². The molecule has 2 atom stereocenters. The summed E-state index contributed by atoms with van der Waals surface area (Å²) >= 11 is 6.08. The summed E-state index contributed by atoms with van der Waals surface area (Å²) in [6.07, 6.45) is 0.949. The molecular weight excluding hydrogens is 274 g/mol. The highest BCUT2D eigenvalue weighted by Crippen LogP contribution is 2.27. The lowest BCUT2D eigenvalue weighted by atomic mass is 10.00. The molecule has 4 nitrogen and oxygen atoms in total. The molecule has 20 heavy (non-hydrogen) atoms. The second kappa shape index (κ2) is 6.12. The molecule has 0 aromatic heterocycles. The molecule has 1 aromatic carbocycles. The SMILES string of the molecule is O=C([C@@H]1CCNC1)N1CCNCC1c1cccc(Cl)c1. The molecule has 2 N–H and O–H groups in total. The van der Waals surface area contributed by atoms with Crippen molar-refractivity contribution in [2.45, 2.75) is 12.5 Å². The maximum absolute atomic E-state index is 12.7. The third-order valence-corrected chi connectivity index (χ3v) is 4.40. The van der Waals surface area contributed by atoms with Crippen LogP contribution in [0, 0.1) is 5.92 Å². The molecule has 1 unspecified atom stereocenters. The van der Waals surface area contributed by atoms with Crippen molar-refractivity contribution in [3.05, 3.63) is 34.9 Å². The number of piperazine rings is 1. The highest BCUT2D eigenvalue weighted by Gasteiger charge is 2.33. The smallest absolute Gasteiger partial charge is 0.227 e. The quantitative estimate of drug-likeness (QED) is 0.867. The summed E-state index contributed by atoms with van der Waals surface area (Å²) in [4.78, 5) is 14.7. The van der Waals surface area contributed by atoms with Crippen LogP contribution in [-0.2, 0) is 4.79 Å². The van der Waals surface area contributed by atoms with Crippen LogP contribution in [0.5, 0.6) is 0 Å². The monoisotopic (exact) mass is 293 g/mol. The van der Waals surface area contributed by atoms with Crippen LogP contribution in [0.25, 0.3) is 0 Å². The molecule has 0 radical (unpaired) electrons. The number of hydrogen-bond acceptors (Lipinski definition) is 3. The topological polar surface area (TPSA) is 44.4 Å². The van der Waals surface area contributed by atoms with Crippen LogP contribution in [0.1, 0.15) is 18.0 Å². The van der Waals surface area contributed by atoms with Gasteiger partial charge >= 0.3 is 0 Å². The zero-order valence-corrected chi connectivity index (χ0v) is 12.2. The lowest BCUT2D eigenvalue weighted by Gasteiger charge is -2.38. The number of benzene rings is 1. The molecule has 1 amide bonds. The number of amides is 1. The minimum absolute atomic E-state index is 0.0931. The summed E-state index contributed by atoms with van der Waals surface area (Å²) < 4.78 is 0. The van der Waals surface area contributed by atoms with E-state index in [4.69, 9.17) is 11.6 Å². The van der Waals surface area contributed by atoms with Crippen molar-refractivity contribution in [2.24, 2.45) is 5.92 Å². The summed E-state index contributed by atoms with van der Waals surface area (Å²) in [7, 11) is 0. The van der Waals surface area contributed by atoms with E-state index in [9.17, 15) is 4.79 Å². The Kier molecular flexibility index (Phi) is 4.24. The first-order valence-corrected chi connectivity index (χ1v) is 7.61. The largest absolute Gasteiger partial charge is 0.333 e. The van der Waals surface area contributed by atoms with Gasteiger partial charge in [0, 0.05) is 31.2 Å². The van der Waals surface area contributed by atoms with Crippen LogP contribution in [0.4, 0.5) is 0 Å². The van der Waals surface area contributed by atoms with Gasteiger partial charge in [-0.2, -0.15) is 0 Å². The molecule has 5 heteroatoms. The van der Waals surface area contributed by atoms with Crippen LogP contribution in [0.15, 0.2) is 24.3 Å². The van der Waals surface area contributed by atoms with Gasteiger partial charge in [-0.1, -0.05) is 23.7 Å². The van der Waals surface area contributed by atoms with Gasteiger partial charge in [-0.3, -0.25) is 4.79 Å². The van der Waals surface area contributed by atoms with Gasteiger partial charge in [-0.25, -0.2) is 0 Å². The van der Waals surface area contributed by atoms with Crippen molar-refractivity contribution in [1.82, 2.24) is 15.5 Å². The van der Waals surface area contributed by atoms with E-state index in [-0.39, 0.29) is 17.9 Å². The molecule has 2 aliphatic rings. The van der Waals surface area contributed by atoms with Crippen LogP contribution < -0.4 is 10.6 Å². The number of nitrogens with one attached hydrogen (secondary N) is 2. The molecule has 0 aliphatic carbocycles. The number of carbonyl (C=O) groups excluding carboxylic acids is 1. The molecule has 0 spiro atoms. The first-order valence-electron chi connectivity index (χ1n) is 7.23. The van der Waals surface area contributed by atoms with E-state index >= 15 is 0 Å². The molecule has 2 aliphatic heterocycles. The van der Waals surface area contributed by atoms with E-state index in [1.807, 2.05) is 23.1 Å². The Labute approximate surface area is 124 Å². The van der Waals surface area contributed by atoms with Crippen molar-refractivity contribution >= 4 is 17.5 Å². The van der Waals surface area contributed by atoms with Gasteiger partial charge in [0.25, 0.3) is 0 Å². The predicted molar refractivity (Wildman–Crippen MR) is 79.8 cm³/mol. The molecular formula is C15H20ClN3O. The van der Waals surface area contributed by atoms with E-state index in [0.29, 0.717) is 0 Å². The Hall–Kier alpha value is -1.10. The van der Waals surface area contributed by atoms with Crippen LogP contribution >= 0.6 is 11.6 Å². The number of rotatable bonds is 2. The van der Waals surface area contributed by atoms with Crippen LogP contribution in [-0.4, -0.2) is 43.5 Å². The second-order valence-corrected chi connectivity index (χ2v) is 5.93. The average Bonchev–Trinajstić information content (AvgIpc) is 3.01. The van der Waals surface area contributed by atoms with Gasteiger partial charge in [-0.05, 0) is 30.7 Å². The summed E-state index contributed by atoms with van der Waals surface area (Å²) in [6.45, 7) is 4.19. The summed E-state index contributed by atoms with van der Waals surface area (Å²) in [6, 6.07) is 7.93. The third-order valence-electron chi connectivity index (χ3n) is 4.17. The van der Waals surface area contributed by atoms with Crippen LogP contribution in [0.2, 0.25) is 5.02 Å². The Morgan fingerprint density at radius 3 is 2.85 bits per heavy atom. The van der Waals surface area contributed by atoms with E-state index in [0.717, 1.165) is 49.7 Å². The van der Waals surface area contributed by atoms with E-state index in [1.165, 1.54) is 0 Å². The summed E-state index contributed by atoms with van der Waals surface area (Å²) in [5, 5.41) is 7.37. The first kappa shape index (κ1) is 13.9. The molecule has 3 rings (SSSR count). The lowest BCUT2D eigenvalue weighted by molar-refractivity contribution is -0.138. The van der Waals surface area contributed by atoms with E-state index < -0.39 is 0 Å². The van der Waals surface area contributed by atoms with Crippen molar-refractivity contribution < 1.29 is 4.79 Å². The molecule has 2 saturated heterocycles. The maximum Gasteiger partial charge on any atom is 0.227 e. The minimum atomic E-state index is 0.0931. The van der Waals surface area contributed by atoms with Gasteiger partial charge in [0.15, 0.2) is 0 Å². The summed E-state index contributed by atoms with van der Waals surface area (Å²) in [5.41, 5.74) is 1.11. The van der Waals surface area contributed by atoms with Crippen molar-refractivity contribution in [1.29, 1.82) is 0 Å². The number of hydrogen-bond donors (Lipinski definition) is 2. The highest BCUT2D eigenvalue weighted by molar-refractivity contribution is 6.30. The standard InChI is InChI=1S/C15H20ClN3O/c16-13-3-1-2-11(8-13)14-10-18-6-7-19(14)15(20)12-4-5-17-9-12/h1-3,8,12,14,17-18H,4-7,9-10H2/t12-,14?/m1/s1. The van der Waals surface area contributed by atoms with Gasteiger partial charge < -0.3 is 15.5 Å². The molecule has 2 heterocycles. The van der Waals surface area contributed by atoms with Crippen LogP contribution in [0.3, 0.4) is 0 Å². The predicted octanol–water partition coefficient (Wildman–Crippen LogP) is 1.42. The zero-order valence-electron chi connectivity index (χ0n) is 11.4. The third kappa shape index (κ3) is 2.82. The molecule has 0 saturated carbocycles.